The van der Waals surface area contributed by atoms with E-state index in [-0.39, 0.29) is 6.67 Å². The summed E-state index contributed by atoms with van der Waals surface area (Å²) in [5.74, 6) is 0. The van der Waals surface area contributed by atoms with Crippen LogP contribution in [0.5, 0.6) is 0 Å². The molecule has 0 aromatic heterocycles. The van der Waals surface area contributed by atoms with Gasteiger partial charge < -0.3 is 10.2 Å². The van der Waals surface area contributed by atoms with E-state index in [2.05, 4.69) is 24.1 Å². The number of alkyl halides is 1. The summed E-state index contributed by atoms with van der Waals surface area (Å²) in [6, 6.07) is 0. The highest BCUT2D eigenvalue weighted by molar-refractivity contribution is 4.56. The molecule has 0 atom stereocenters. The van der Waals surface area contributed by atoms with Gasteiger partial charge in [-0.15, -0.1) is 0 Å². The van der Waals surface area contributed by atoms with Crippen molar-refractivity contribution < 1.29 is 4.39 Å². The number of hydrogen-bond donors (Lipinski definition) is 1. The van der Waals surface area contributed by atoms with E-state index < -0.39 is 0 Å². The Labute approximate surface area is 81.5 Å². The van der Waals surface area contributed by atoms with Crippen molar-refractivity contribution >= 4 is 0 Å². The van der Waals surface area contributed by atoms with E-state index in [0.29, 0.717) is 6.42 Å². The zero-order chi connectivity index (χ0) is 9.94. The lowest BCUT2D eigenvalue weighted by Crippen LogP contribution is -2.33. The van der Waals surface area contributed by atoms with E-state index in [1.54, 1.807) is 0 Å². The molecule has 0 aliphatic heterocycles. The average Bonchev–Trinajstić information content (AvgIpc) is 2.16. The van der Waals surface area contributed by atoms with Crippen LogP contribution in [0.2, 0.25) is 0 Å². The predicted molar refractivity (Wildman–Crippen MR) is 55.9 cm³/mol. The normalized spacial score (nSPS) is 11.1. The first-order valence-electron chi connectivity index (χ1n) is 5.34. The molecule has 0 radical (unpaired) electrons. The van der Waals surface area contributed by atoms with Crippen LogP contribution in [-0.4, -0.2) is 44.3 Å². The van der Waals surface area contributed by atoms with Crippen molar-refractivity contribution in [3.05, 3.63) is 0 Å². The van der Waals surface area contributed by atoms with E-state index in [1.165, 1.54) is 13.0 Å². The third-order valence-electron chi connectivity index (χ3n) is 2.08. The molecule has 0 amide bonds. The maximum absolute atomic E-state index is 11.7. The highest BCUT2D eigenvalue weighted by Crippen LogP contribution is 1.89. The van der Waals surface area contributed by atoms with Crippen molar-refractivity contribution in [2.45, 2.75) is 26.7 Å². The number of hydrogen-bond acceptors (Lipinski definition) is 2. The first-order valence-corrected chi connectivity index (χ1v) is 5.34. The second-order valence-electron chi connectivity index (χ2n) is 3.23. The molecule has 0 aliphatic carbocycles. The predicted octanol–water partition coefficient (Wildman–Crippen LogP) is 1.67. The van der Waals surface area contributed by atoms with Crippen LogP contribution < -0.4 is 5.32 Å². The summed E-state index contributed by atoms with van der Waals surface area (Å²) in [4.78, 5) is 2.41. The summed E-state index contributed by atoms with van der Waals surface area (Å²) in [7, 11) is 0. The maximum Gasteiger partial charge on any atom is 0.0906 e. The minimum atomic E-state index is -0.209. The fraction of sp³-hybridized carbons (Fsp3) is 1.00. The van der Waals surface area contributed by atoms with Crippen molar-refractivity contribution in [1.82, 2.24) is 10.2 Å². The summed E-state index contributed by atoms with van der Waals surface area (Å²) in [6.07, 6.45) is 1.85. The average molecular weight is 190 g/mol. The molecule has 13 heavy (non-hydrogen) atoms. The second-order valence-corrected chi connectivity index (χ2v) is 3.23. The van der Waals surface area contributed by atoms with Gasteiger partial charge in [-0.05, 0) is 32.5 Å². The van der Waals surface area contributed by atoms with Crippen molar-refractivity contribution in [2.24, 2.45) is 0 Å². The molecular formula is C10H23FN2. The molecule has 2 nitrogen and oxygen atoms in total. The summed E-state index contributed by atoms with van der Waals surface area (Å²) in [5.41, 5.74) is 0. The minimum absolute atomic E-state index is 0.209. The fourth-order valence-electron chi connectivity index (χ4n) is 1.30. The molecule has 0 rings (SSSR count). The topological polar surface area (TPSA) is 15.3 Å². The molecule has 0 aromatic carbocycles. The minimum Gasteiger partial charge on any atom is -0.315 e. The Morgan fingerprint density at radius 3 is 2.46 bits per heavy atom. The Hall–Kier alpha value is -0.150. The summed E-state index contributed by atoms with van der Waals surface area (Å²) in [6.45, 7) is 9.31. The maximum atomic E-state index is 11.7. The van der Waals surface area contributed by atoms with Crippen molar-refractivity contribution in [2.75, 3.05) is 39.4 Å². The van der Waals surface area contributed by atoms with Gasteiger partial charge in [0.05, 0.1) is 6.67 Å². The van der Waals surface area contributed by atoms with E-state index in [4.69, 9.17) is 0 Å². The van der Waals surface area contributed by atoms with Crippen molar-refractivity contribution in [3.63, 3.8) is 0 Å². The zero-order valence-electron chi connectivity index (χ0n) is 8.98. The molecule has 0 bridgehead atoms. The number of likely N-dealkylation sites (N-methyl/N-ethyl adjacent to an activating group) is 1. The molecule has 0 spiro atoms. The van der Waals surface area contributed by atoms with Gasteiger partial charge in [0.15, 0.2) is 0 Å². The van der Waals surface area contributed by atoms with Gasteiger partial charge >= 0.3 is 0 Å². The van der Waals surface area contributed by atoms with Crippen LogP contribution in [-0.2, 0) is 0 Å². The van der Waals surface area contributed by atoms with Gasteiger partial charge in [0.1, 0.15) is 0 Å². The van der Waals surface area contributed by atoms with Crippen LogP contribution >= 0.6 is 0 Å². The summed E-state index contributed by atoms with van der Waals surface area (Å²) >= 11 is 0. The lowest BCUT2D eigenvalue weighted by atomic mass is 10.4. The molecule has 1 N–H and O–H groups in total. The first-order chi connectivity index (χ1) is 6.35. The van der Waals surface area contributed by atoms with Crippen LogP contribution in [0, 0.1) is 0 Å². The molecule has 80 valence electrons. The lowest BCUT2D eigenvalue weighted by molar-refractivity contribution is 0.287. The molecule has 0 saturated carbocycles. The zero-order valence-corrected chi connectivity index (χ0v) is 8.98. The fourth-order valence-corrected chi connectivity index (χ4v) is 1.30. The Balaban J connectivity index is 3.17. The van der Waals surface area contributed by atoms with E-state index in [1.807, 2.05) is 0 Å². The molecule has 0 heterocycles. The molecule has 3 heteroatoms. The van der Waals surface area contributed by atoms with E-state index >= 15 is 0 Å². The van der Waals surface area contributed by atoms with Crippen molar-refractivity contribution in [3.8, 4) is 0 Å². The van der Waals surface area contributed by atoms with E-state index in [9.17, 15) is 4.39 Å². The van der Waals surface area contributed by atoms with Gasteiger partial charge in [0.2, 0.25) is 0 Å². The molecule has 0 aliphatic rings. The highest BCUT2D eigenvalue weighted by Gasteiger charge is 1.98. The molecule has 0 fully saturated rings. The van der Waals surface area contributed by atoms with E-state index in [0.717, 1.165) is 26.2 Å². The number of nitrogens with one attached hydrogen (secondary N) is 1. The standard InChI is InChI=1S/C10H23FN2/c1-3-9-13(4-2)10-8-12-7-5-6-11/h12H,3-10H2,1-2H3. The van der Waals surface area contributed by atoms with Crippen LogP contribution in [0.4, 0.5) is 4.39 Å². The van der Waals surface area contributed by atoms with Crippen LogP contribution in [0.1, 0.15) is 26.7 Å². The third kappa shape index (κ3) is 8.19. The van der Waals surface area contributed by atoms with Gasteiger partial charge in [0, 0.05) is 13.1 Å². The number of nitrogens with zero attached hydrogens (tertiary/aromatic N) is 1. The van der Waals surface area contributed by atoms with Gasteiger partial charge in [0.25, 0.3) is 0 Å². The van der Waals surface area contributed by atoms with Crippen molar-refractivity contribution in [1.29, 1.82) is 0 Å². The lowest BCUT2D eigenvalue weighted by Gasteiger charge is -2.19. The molecule has 0 saturated heterocycles. The summed E-state index contributed by atoms with van der Waals surface area (Å²) < 4.78 is 11.7. The van der Waals surface area contributed by atoms with Gasteiger partial charge in [-0.2, -0.15) is 0 Å². The Bertz CT molecular complexity index is 98.9. The Morgan fingerprint density at radius 2 is 1.92 bits per heavy atom. The van der Waals surface area contributed by atoms with Crippen LogP contribution in [0.15, 0.2) is 0 Å². The van der Waals surface area contributed by atoms with Crippen LogP contribution in [0.3, 0.4) is 0 Å². The Morgan fingerprint density at radius 1 is 1.15 bits per heavy atom. The Kier molecular flexibility index (Phi) is 9.82. The molecular weight excluding hydrogens is 167 g/mol. The third-order valence-corrected chi connectivity index (χ3v) is 2.08. The molecule has 0 unspecified atom stereocenters. The first kappa shape index (κ1) is 12.8. The molecule has 0 aromatic rings. The number of halogens is 1. The monoisotopic (exact) mass is 190 g/mol. The second kappa shape index (κ2) is 9.93. The largest absolute Gasteiger partial charge is 0.315 e. The van der Waals surface area contributed by atoms with Gasteiger partial charge in [-0.1, -0.05) is 13.8 Å². The quantitative estimate of drug-likeness (QED) is 0.556. The summed E-state index contributed by atoms with van der Waals surface area (Å²) in [5, 5.41) is 3.23. The van der Waals surface area contributed by atoms with Gasteiger partial charge in [-0.3, -0.25) is 4.39 Å². The van der Waals surface area contributed by atoms with Gasteiger partial charge in [-0.25, -0.2) is 0 Å². The number of rotatable bonds is 9. The SMILES string of the molecule is CCCN(CC)CCNCCCF. The van der Waals surface area contributed by atoms with Crippen LogP contribution in [0.25, 0.3) is 0 Å². The highest BCUT2D eigenvalue weighted by atomic mass is 19.1. The smallest absolute Gasteiger partial charge is 0.0906 e.